The number of carboxylic acid groups (broad SMARTS) is 1. The van der Waals surface area contributed by atoms with E-state index in [2.05, 4.69) is 11.9 Å². The molecule has 0 spiro atoms. The van der Waals surface area contributed by atoms with E-state index in [9.17, 15) is 9.90 Å². The molecule has 1 unspecified atom stereocenters. The molecule has 0 aliphatic heterocycles. The summed E-state index contributed by atoms with van der Waals surface area (Å²) < 4.78 is 17.9. The highest BCUT2D eigenvalue weighted by atomic mass is 16.5. The SMILES string of the molecule is CCCc1cc(CC(C)(Oc2ccccc2)C(=O)O)ccc1OCCc1nc(-c2ccccc2)oc1C. The Labute approximate surface area is 217 Å². The number of ether oxygens (including phenoxy) is 2. The topological polar surface area (TPSA) is 81.8 Å². The second kappa shape index (κ2) is 11.8. The van der Waals surface area contributed by atoms with Crippen LogP contribution >= 0.6 is 0 Å². The molecule has 1 atom stereocenters. The zero-order valence-electron chi connectivity index (χ0n) is 21.6. The molecule has 4 rings (SSSR count). The number of aryl methyl sites for hydroxylation is 2. The number of carboxylic acids is 1. The van der Waals surface area contributed by atoms with Gasteiger partial charge in [0.2, 0.25) is 11.5 Å². The highest BCUT2D eigenvalue weighted by Gasteiger charge is 2.36. The minimum Gasteiger partial charge on any atom is -0.493 e. The Morgan fingerprint density at radius 2 is 1.70 bits per heavy atom. The normalized spacial score (nSPS) is 12.6. The van der Waals surface area contributed by atoms with E-state index in [1.54, 1.807) is 19.1 Å². The zero-order chi connectivity index (χ0) is 26.3. The first-order valence-corrected chi connectivity index (χ1v) is 12.6. The number of hydrogen-bond donors (Lipinski definition) is 1. The van der Waals surface area contributed by atoms with Gasteiger partial charge in [-0.2, -0.15) is 0 Å². The molecule has 0 saturated carbocycles. The maximum Gasteiger partial charge on any atom is 0.348 e. The largest absolute Gasteiger partial charge is 0.493 e. The van der Waals surface area contributed by atoms with Crippen LogP contribution in [0, 0.1) is 6.92 Å². The lowest BCUT2D eigenvalue weighted by atomic mass is 9.94. The fraction of sp³-hybridized carbons (Fsp3) is 0.290. The minimum atomic E-state index is -1.39. The molecule has 6 nitrogen and oxygen atoms in total. The summed E-state index contributed by atoms with van der Waals surface area (Å²) in [6.45, 7) is 6.10. The van der Waals surface area contributed by atoms with Gasteiger partial charge in [-0.1, -0.05) is 61.9 Å². The second-order valence-corrected chi connectivity index (χ2v) is 9.31. The molecule has 1 aromatic heterocycles. The Kier molecular flexibility index (Phi) is 8.29. The van der Waals surface area contributed by atoms with Gasteiger partial charge < -0.3 is 19.0 Å². The Morgan fingerprint density at radius 3 is 2.38 bits per heavy atom. The lowest BCUT2D eigenvalue weighted by Crippen LogP contribution is -2.43. The molecule has 0 amide bonds. The molecule has 0 aliphatic rings. The van der Waals surface area contributed by atoms with Crippen LogP contribution in [0.5, 0.6) is 11.5 Å². The fourth-order valence-electron chi connectivity index (χ4n) is 4.26. The van der Waals surface area contributed by atoms with Crippen molar-refractivity contribution in [2.75, 3.05) is 6.61 Å². The van der Waals surface area contributed by atoms with Gasteiger partial charge >= 0.3 is 5.97 Å². The van der Waals surface area contributed by atoms with Crippen LogP contribution in [-0.2, 0) is 24.1 Å². The van der Waals surface area contributed by atoms with Gasteiger partial charge in [0.05, 0.1) is 12.3 Å². The van der Waals surface area contributed by atoms with Crippen molar-refractivity contribution in [3.8, 4) is 23.0 Å². The van der Waals surface area contributed by atoms with Crippen molar-refractivity contribution in [2.45, 2.75) is 52.1 Å². The lowest BCUT2D eigenvalue weighted by molar-refractivity contribution is -0.153. The predicted octanol–water partition coefficient (Wildman–Crippen LogP) is 6.69. The van der Waals surface area contributed by atoms with E-state index in [0.717, 1.165) is 46.7 Å². The maximum atomic E-state index is 12.1. The number of nitrogens with zero attached hydrogens (tertiary/aromatic N) is 1. The third kappa shape index (κ3) is 6.58. The van der Waals surface area contributed by atoms with E-state index in [4.69, 9.17) is 13.9 Å². The van der Waals surface area contributed by atoms with Crippen molar-refractivity contribution in [1.29, 1.82) is 0 Å². The van der Waals surface area contributed by atoms with Crippen molar-refractivity contribution >= 4 is 5.97 Å². The first-order chi connectivity index (χ1) is 17.9. The summed E-state index contributed by atoms with van der Waals surface area (Å²) in [6.07, 6.45) is 2.62. The maximum absolute atomic E-state index is 12.1. The number of benzene rings is 3. The third-order valence-electron chi connectivity index (χ3n) is 6.23. The highest BCUT2D eigenvalue weighted by Crippen LogP contribution is 2.28. The van der Waals surface area contributed by atoms with Gasteiger partial charge in [0.15, 0.2) is 0 Å². The van der Waals surface area contributed by atoms with E-state index in [1.807, 2.05) is 73.7 Å². The molecule has 0 bridgehead atoms. The summed E-state index contributed by atoms with van der Waals surface area (Å²) in [5.41, 5.74) is 2.37. The van der Waals surface area contributed by atoms with Crippen LogP contribution in [0.1, 0.15) is 42.8 Å². The Hall–Kier alpha value is -4.06. The van der Waals surface area contributed by atoms with Crippen LogP contribution in [0.2, 0.25) is 0 Å². The van der Waals surface area contributed by atoms with Crippen LogP contribution in [0.3, 0.4) is 0 Å². The number of para-hydroxylation sites is 1. The van der Waals surface area contributed by atoms with Gasteiger partial charge in [0, 0.05) is 18.4 Å². The van der Waals surface area contributed by atoms with Crippen LogP contribution in [0.25, 0.3) is 11.5 Å². The van der Waals surface area contributed by atoms with Gasteiger partial charge in [0.1, 0.15) is 17.3 Å². The van der Waals surface area contributed by atoms with Gasteiger partial charge in [-0.3, -0.25) is 0 Å². The van der Waals surface area contributed by atoms with Crippen LogP contribution in [0.15, 0.2) is 83.3 Å². The molecule has 1 heterocycles. The molecule has 0 radical (unpaired) electrons. The zero-order valence-corrected chi connectivity index (χ0v) is 21.6. The number of oxazole rings is 1. The summed E-state index contributed by atoms with van der Waals surface area (Å²) in [7, 11) is 0. The quantitative estimate of drug-likeness (QED) is 0.234. The predicted molar refractivity (Wildman–Crippen MR) is 143 cm³/mol. The Balaban J connectivity index is 1.44. The van der Waals surface area contributed by atoms with E-state index in [1.165, 1.54) is 0 Å². The summed E-state index contributed by atoms with van der Waals surface area (Å²) in [6, 6.07) is 24.8. The molecule has 37 heavy (non-hydrogen) atoms. The molecule has 4 aromatic rings. The van der Waals surface area contributed by atoms with Crippen molar-refractivity contribution in [3.05, 3.63) is 101 Å². The van der Waals surface area contributed by atoms with Crippen LogP contribution in [0.4, 0.5) is 0 Å². The van der Waals surface area contributed by atoms with Crippen LogP contribution < -0.4 is 9.47 Å². The molecule has 1 N–H and O–H groups in total. The van der Waals surface area contributed by atoms with Gasteiger partial charge in [-0.15, -0.1) is 0 Å². The smallest absolute Gasteiger partial charge is 0.348 e. The van der Waals surface area contributed by atoms with Crippen molar-refractivity contribution in [2.24, 2.45) is 0 Å². The Morgan fingerprint density at radius 1 is 1.00 bits per heavy atom. The summed E-state index contributed by atoms with van der Waals surface area (Å²) in [5, 5.41) is 9.94. The summed E-state index contributed by atoms with van der Waals surface area (Å²) in [4.78, 5) is 16.8. The van der Waals surface area contributed by atoms with Gasteiger partial charge in [0.25, 0.3) is 0 Å². The van der Waals surface area contributed by atoms with Gasteiger partial charge in [-0.05, 0) is 61.7 Å². The molecular formula is C31H33NO5. The van der Waals surface area contributed by atoms with Crippen molar-refractivity contribution in [3.63, 3.8) is 0 Å². The first kappa shape index (κ1) is 26.0. The molecule has 0 aliphatic carbocycles. The molecule has 0 fully saturated rings. The number of hydrogen-bond acceptors (Lipinski definition) is 5. The average molecular weight is 500 g/mol. The number of rotatable bonds is 12. The number of aromatic nitrogens is 1. The van der Waals surface area contributed by atoms with Crippen LogP contribution in [-0.4, -0.2) is 28.3 Å². The number of aliphatic carboxylic acids is 1. The minimum absolute atomic E-state index is 0.231. The number of carbonyl (C=O) groups is 1. The van der Waals surface area contributed by atoms with Crippen molar-refractivity contribution < 1.29 is 23.8 Å². The molecule has 3 aromatic carbocycles. The monoisotopic (exact) mass is 499 g/mol. The van der Waals surface area contributed by atoms with Gasteiger partial charge in [-0.25, -0.2) is 9.78 Å². The van der Waals surface area contributed by atoms with Crippen molar-refractivity contribution in [1.82, 2.24) is 4.98 Å². The molecule has 192 valence electrons. The van der Waals surface area contributed by atoms with E-state index >= 15 is 0 Å². The molecule has 6 heteroatoms. The van der Waals surface area contributed by atoms with E-state index in [0.29, 0.717) is 24.7 Å². The Bertz CT molecular complexity index is 1320. The molecule has 0 saturated heterocycles. The highest BCUT2D eigenvalue weighted by molar-refractivity contribution is 5.78. The fourth-order valence-corrected chi connectivity index (χ4v) is 4.26. The lowest BCUT2D eigenvalue weighted by Gasteiger charge is -2.27. The summed E-state index contributed by atoms with van der Waals surface area (Å²) >= 11 is 0. The first-order valence-electron chi connectivity index (χ1n) is 12.6. The van der Waals surface area contributed by atoms with E-state index in [-0.39, 0.29) is 6.42 Å². The van der Waals surface area contributed by atoms with E-state index < -0.39 is 11.6 Å². The summed E-state index contributed by atoms with van der Waals surface area (Å²) in [5.74, 6) is 1.73. The standard InChI is InChI=1S/C31H33NO5/c1-4-11-25-20-23(21-31(3,30(33)34)37-26-14-9-6-10-15-26)16-17-28(25)35-19-18-27-22(2)36-29(32-27)24-12-7-5-8-13-24/h5-10,12-17,20H,4,11,18-19,21H2,1-3H3,(H,33,34). The second-order valence-electron chi connectivity index (χ2n) is 9.31. The average Bonchev–Trinajstić information content (AvgIpc) is 3.27. The molecular weight excluding hydrogens is 466 g/mol. The third-order valence-corrected chi connectivity index (χ3v) is 6.23.